The van der Waals surface area contributed by atoms with Gasteiger partial charge in [0.05, 0.1) is 12.5 Å². The highest BCUT2D eigenvalue weighted by atomic mass is 16.5. The van der Waals surface area contributed by atoms with Gasteiger partial charge < -0.3 is 9.47 Å². The smallest absolute Gasteiger partial charge is 0.146 e. The summed E-state index contributed by atoms with van der Waals surface area (Å²) < 4.78 is 11.2. The Bertz CT molecular complexity index is 457. The van der Waals surface area contributed by atoms with Crippen LogP contribution in [0.3, 0.4) is 0 Å². The summed E-state index contributed by atoms with van der Waals surface area (Å²) in [6.07, 6.45) is 6.24. The molecule has 1 spiro atoms. The Morgan fingerprint density at radius 1 is 1.05 bits per heavy atom. The van der Waals surface area contributed by atoms with Crippen LogP contribution in [-0.4, -0.2) is 19.0 Å². The molecule has 0 saturated heterocycles. The van der Waals surface area contributed by atoms with Gasteiger partial charge in [-0.15, -0.1) is 0 Å². The topological polar surface area (TPSA) is 35.5 Å². The fourth-order valence-corrected chi connectivity index (χ4v) is 3.37. The Balaban J connectivity index is 1.70. The van der Waals surface area contributed by atoms with Crippen LogP contribution in [0.5, 0.6) is 11.5 Å². The molecule has 1 unspecified atom stereocenters. The van der Waals surface area contributed by atoms with E-state index in [0.717, 1.165) is 37.2 Å². The molecule has 0 N–H and O–H groups in total. The predicted octanol–water partition coefficient (Wildman–Crippen LogP) is 3.37. The van der Waals surface area contributed by atoms with Crippen molar-refractivity contribution in [3.05, 3.63) is 24.3 Å². The molecule has 3 heteroatoms. The van der Waals surface area contributed by atoms with Crippen LogP contribution in [0.2, 0.25) is 0 Å². The van der Waals surface area contributed by atoms with Crippen LogP contribution in [0, 0.1) is 5.41 Å². The minimum Gasteiger partial charge on any atom is -0.497 e. The first-order valence-electron chi connectivity index (χ1n) is 7.09. The molecule has 2 saturated carbocycles. The normalized spacial score (nSPS) is 24.9. The third-order valence-electron chi connectivity index (χ3n) is 4.63. The first kappa shape index (κ1) is 12.5. The lowest BCUT2D eigenvalue weighted by molar-refractivity contribution is -0.156. The van der Waals surface area contributed by atoms with Crippen LogP contribution in [-0.2, 0) is 4.79 Å². The zero-order chi connectivity index (χ0) is 13.3. The summed E-state index contributed by atoms with van der Waals surface area (Å²) in [6, 6.07) is 7.61. The number of hydrogen-bond donors (Lipinski definition) is 0. The number of benzene rings is 1. The summed E-state index contributed by atoms with van der Waals surface area (Å²) in [6.45, 7) is 0. The molecular formula is C16H20O3. The largest absolute Gasteiger partial charge is 0.497 e. The molecule has 3 nitrogen and oxygen atoms in total. The van der Waals surface area contributed by atoms with E-state index >= 15 is 0 Å². The van der Waals surface area contributed by atoms with Crippen molar-refractivity contribution in [1.29, 1.82) is 0 Å². The van der Waals surface area contributed by atoms with Crippen LogP contribution in [0.15, 0.2) is 24.3 Å². The van der Waals surface area contributed by atoms with E-state index in [1.807, 2.05) is 24.3 Å². The number of Topliss-reactive ketones (excluding diaryl/α,β-unsaturated/α-hetero) is 1. The summed E-state index contributed by atoms with van der Waals surface area (Å²) in [5.41, 5.74) is -0.168. The summed E-state index contributed by atoms with van der Waals surface area (Å²) >= 11 is 0. The molecule has 1 aromatic rings. The Morgan fingerprint density at radius 2 is 1.68 bits per heavy atom. The van der Waals surface area contributed by atoms with E-state index in [1.165, 1.54) is 6.42 Å². The van der Waals surface area contributed by atoms with Crippen molar-refractivity contribution in [1.82, 2.24) is 0 Å². The zero-order valence-corrected chi connectivity index (χ0v) is 11.4. The molecule has 0 bridgehead atoms. The Kier molecular flexibility index (Phi) is 3.21. The number of ketones is 1. The lowest BCUT2D eigenvalue weighted by Gasteiger charge is -2.49. The first-order valence-corrected chi connectivity index (χ1v) is 7.09. The molecule has 19 heavy (non-hydrogen) atoms. The highest BCUT2D eigenvalue weighted by Crippen LogP contribution is 2.50. The zero-order valence-electron chi connectivity index (χ0n) is 11.4. The number of carbonyl (C=O) groups excluding carboxylic acids is 1. The fourth-order valence-electron chi connectivity index (χ4n) is 3.37. The minimum atomic E-state index is -0.168. The summed E-state index contributed by atoms with van der Waals surface area (Å²) in [5.74, 6) is 2.07. The van der Waals surface area contributed by atoms with Gasteiger partial charge in [-0.3, -0.25) is 4.79 Å². The molecule has 1 atom stereocenters. The van der Waals surface area contributed by atoms with E-state index in [9.17, 15) is 4.79 Å². The SMILES string of the molecule is COc1ccc(OC2CC(=O)C23CCCCC3)cc1. The number of carbonyl (C=O) groups is 1. The standard InChI is InChI=1S/C16H20O3/c1-18-12-5-7-13(8-6-12)19-15-11-14(17)16(15)9-3-2-4-10-16/h5-8,15H,2-4,9-11H2,1H3. The third-order valence-corrected chi connectivity index (χ3v) is 4.63. The highest BCUT2D eigenvalue weighted by Gasteiger charge is 2.56. The second kappa shape index (κ2) is 4.87. The molecule has 2 aliphatic rings. The van der Waals surface area contributed by atoms with E-state index in [0.29, 0.717) is 12.2 Å². The van der Waals surface area contributed by atoms with Gasteiger partial charge in [-0.25, -0.2) is 0 Å². The molecule has 0 aliphatic heterocycles. The molecule has 102 valence electrons. The van der Waals surface area contributed by atoms with Gasteiger partial charge >= 0.3 is 0 Å². The van der Waals surface area contributed by atoms with Gasteiger partial charge in [0.15, 0.2) is 0 Å². The van der Waals surface area contributed by atoms with Gasteiger partial charge in [0.25, 0.3) is 0 Å². The predicted molar refractivity (Wildman–Crippen MR) is 72.6 cm³/mol. The average Bonchev–Trinajstić information content (AvgIpc) is 2.48. The quantitative estimate of drug-likeness (QED) is 0.836. The maximum atomic E-state index is 12.0. The Morgan fingerprint density at radius 3 is 2.26 bits per heavy atom. The van der Waals surface area contributed by atoms with Crippen molar-refractivity contribution >= 4 is 5.78 Å². The summed E-state index contributed by atoms with van der Waals surface area (Å²) in [7, 11) is 1.65. The van der Waals surface area contributed by atoms with E-state index in [-0.39, 0.29) is 11.5 Å². The van der Waals surface area contributed by atoms with E-state index in [1.54, 1.807) is 7.11 Å². The second-order valence-corrected chi connectivity index (χ2v) is 5.63. The van der Waals surface area contributed by atoms with Gasteiger partial charge in [0.2, 0.25) is 0 Å². The molecule has 1 aromatic carbocycles. The van der Waals surface area contributed by atoms with Crippen molar-refractivity contribution in [3.8, 4) is 11.5 Å². The van der Waals surface area contributed by atoms with Crippen LogP contribution < -0.4 is 9.47 Å². The maximum absolute atomic E-state index is 12.0. The number of hydrogen-bond acceptors (Lipinski definition) is 3. The maximum Gasteiger partial charge on any atom is 0.146 e. The van der Waals surface area contributed by atoms with Crippen LogP contribution >= 0.6 is 0 Å². The van der Waals surface area contributed by atoms with Crippen molar-refractivity contribution in [3.63, 3.8) is 0 Å². The summed E-state index contributed by atoms with van der Waals surface area (Å²) in [4.78, 5) is 12.0. The molecule has 0 heterocycles. The molecule has 2 fully saturated rings. The molecule has 0 amide bonds. The van der Waals surface area contributed by atoms with Gasteiger partial charge in [-0.05, 0) is 37.1 Å². The monoisotopic (exact) mass is 260 g/mol. The summed E-state index contributed by atoms with van der Waals surface area (Å²) in [5, 5.41) is 0. The van der Waals surface area contributed by atoms with Crippen molar-refractivity contribution in [2.75, 3.05) is 7.11 Å². The van der Waals surface area contributed by atoms with E-state index < -0.39 is 0 Å². The highest BCUT2D eigenvalue weighted by molar-refractivity contribution is 5.92. The van der Waals surface area contributed by atoms with E-state index in [4.69, 9.17) is 9.47 Å². The lowest BCUT2D eigenvalue weighted by Crippen LogP contribution is -2.57. The molecule has 0 aromatic heterocycles. The van der Waals surface area contributed by atoms with Crippen molar-refractivity contribution in [2.24, 2.45) is 5.41 Å². The number of rotatable bonds is 3. The van der Waals surface area contributed by atoms with Crippen molar-refractivity contribution < 1.29 is 14.3 Å². The van der Waals surface area contributed by atoms with Crippen LogP contribution in [0.25, 0.3) is 0 Å². The van der Waals surface area contributed by atoms with Gasteiger partial charge in [-0.2, -0.15) is 0 Å². The van der Waals surface area contributed by atoms with Crippen LogP contribution in [0.1, 0.15) is 38.5 Å². The Labute approximate surface area is 113 Å². The molecule has 3 rings (SSSR count). The van der Waals surface area contributed by atoms with Crippen LogP contribution in [0.4, 0.5) is 0 Å². The molecule has 2 aliphatic carbocycles. The lowest BCUT2D eigenvalue weighted by atomic mass is 9.57. The third kappa shape index (κ3) is 2.11. The fraction of sp³-hybridized carbons (Fsp3) is 0.562. The Hall–Kier alpha value is -1.51. The minimum absolute atomic E-state index is 0.0775. The van der Waals surface area contributed by atoms with Gasteiger partial charge in [-0.1, -0.05) is 19.3 Å². The molecule has 0 radical (unpaired) electrons. The number of methoxy groups -OCH3 is 1. The van der Waals surface area contributed by atoms with Gasteiger partial charge in [0, 0.05) is 6.42 Å². The first-order chi connectivity index (χ1) is 9.24. The number of ether oxygens (including phenoxy) is 2. The van der Waals surface area contributed by atoms with E-state index in [2.05, 4.69) is 0 Å². The second-order valence-electron chi connectivity index (χ2n) is 5.63. The average molecular weight is 260 g/mol. The van der Waals surface area contributed by atoms with Crippen molar-refractivity contribution in [2.45, 2.75) is 44.6 Å². The molecular weight excluding hydrogens is 240 g/mol. The van der Waals surface area contributed by atoms with Gasteiger partial charge in [0.1, 0.15) is 23.4 Å².